The fourth-order valence-corrected chi connectivity index (χ4v) is 10.6. The fourth-order valence-electron chi connectivity index (χ4n) is 9.47. The Bertz CT molecular complexity index is 3190. The number of benzene rings is 9. The zero-order chi connectivity index (χ0) is 39.5. The largest absolute Gasteiger partial charge is 0.309 e. The summed E-state index contributed by atoms with van der Waals surface area (Å²) in [5.74, 6) is 0. The normalized spacial score (nSPS) is 12.7. The van der Waals surface area contributed by atoms with Crippen molar-refractivity contribution in [2.75, 3.05) is 4.90 Å². The first-order valence-electron chi connectivity index (χ1n) is 20.4. The molecule has 11 rings (SSSR count). The highest BCUT2D eigenvalue weighted by Gasteiger charge is 2.35. The molecule has 1 aliphatic carbocycles. The minimum Gasteiger partial charge on any atom is -0.309 e. The van der Waals surface area contributed by atoms with Crippen molar-refractivity contribution in [1.82, 2.24) is 0 Å². The zero-order valence-corrected chi connectivity index (χ0v) is 33.9. The first-order valence-corrected chi connectivity index (χ1v) is 21.2. The van der Waals surface area contributed by atoms with Crippen molar-refractivity contribution in [2.45, 2.75) is 19.3 Å². The maximum atomic E-state index is 2.49. The van der Waals surface area contributed by atoms with Crippen LogP contribution in [0.25, 0.3) is 75.8 Å². The third-order valence-corrected chi connectivity index (χ3v) is 13.5. The van der Waals surface area contributed by atoms with Crippen LogP contribution in [0.3, 0.4) is 0 Å². The van der Waals surface area contributed by atoms with Crippen LogP contribution in [0.4, 0.5) is 17.1 Å². The summed E-state index contributed by atoms with van der Waals surface area (Å²) < 4.78 is 2.57. The van der Waals surface area contributed by atoms with Crippen molar-refractivity contribution >= 4 is 48.6 Å². The second-order valence-corrected chi connectivity index (χ2v) is 17.1. The van der Waals surface area contributed by atoms with Gasteiger partial charge in [-0.1, -0.05) is 184 Å². The van der Waals surface area contributed by atoms with Crippen molar-refractivity contribution in [1.29, 1.82) is 0 Å². The maximum absolute atomic E-state index is 2.49. The Labute approximate surface area is 350 Å². The monoisotopic (exact) mass is 771 g/mol. The second kappa shape index (κ2) is 14.1. The number of para-hydroxylation sites is 1. The van der Waals surface area contributed by atoms with Gasteiger partial charge in [0.25, 0.3) is 0 Å². The van der Waals surface area contributed by atoms with Gasteiger partial charge in [0.2, 0.25) is 0 Å². The molecule has 59 heavy (non-hydrogen) atoms. The molecule has 2 heteroatoms. The van der Waals surface area contributed by atoms with Crippen molar-refractivity contribution in [3.63, 3.8) is 0 Å². The molecule has 0 radical (unpaired) electrons. The maximum Gasteiger partial charge on any atom is 0.0555 e. The molecule has 1 aliphatic rings. The summed E-state index contributed by atoms with van der Waals surface area (Å²) in [6, 6.07) is 78.1. The van der Waals surface area contributed by atoms with E-state index < -0.39 is 0 Å². The van der Waals surface area contributed by atoms with Gasteiger partial charge < -0.3 is 4.90 Å². The average molecular weight is 772 g/mol. The molecule has 0 atom stereocenters. The van der Waals surface area contributed by atoms with Crippen LogP contribution >= 0.6 is 11.3 Å². The predicted molar refractivity (Wildman–Crippen MR) is 253 cm³/mol. The van der Waals surface area contributed by atoms with Crippen LogP contribution in [0.15, 0.2) is 212 Å². The van der Waals surface area contributed by atoms with E-state index in [-0.39, 0.29) is 5.41 Å². The minimum atomic E-state index is -0.0533. The van der Waals surface area contributed by atoms with E-state index in [9.17, 15) is 0 Å². The number of fused-ring (bicyclic) bond motifs is 6. The van der Waals surface area contributed by atoms with Gasteiger partial charge in [-0.15, -0.1) is 11.3 Å². The van der Waals surface area contributed by atoms with Gasteiger partial charge in [0.15, 0.2) is 0 Å². The Morgan fingerprint density at radius 1 is 0.356 bits per heavy atom. The molecule has 1 nitrogen and oxygen atoms in total. The molecule has 9 aromatic carbocycles. The molecule has 0 amide bonds. The average Bonchev–Trinajstić information content (AvgIpc) is 3.79. The molecule has 10 aromatic rings. The van der Waals surface area contributed by atoms with E-state index in [1.807, 2.05) is 11.3 Å². The van der Waals surface area contributed by atoms with Gasteiger partial charge in [0.1, 0.15) is 0 Å². The summed E-state index contributed by atoms with van der Waals surface area (Å²) in [6.07, 6.45) is 0. The van der Waals surface area contributed by atoms with Crippen LogP contribution in [0.2, 0.25) is 0 Å². The third-order valence-electron chi connectivity index (χ3n) is 12.3. The third kappa shape index (κ3) is 5.82. The SMILES string of the molecule is CC1(C)c2ccccc2-c2ccc(-c3ccc(N(c4ccccc4-c4ccccc4-c4ccccc4-c4ccccc4)c4cccc5sc6ccccc6c45)cc3)cc21. The van der Waals surface area contributed by atoms with Gasteiger partial charge in [-0.2, -0.15) is 0 Å². The highest BCUT2D eigenvalue weighted by molar-refractivity contribution is 7.26. The number of rotatable bonds is 7. The van der Waals surface area contributed by atoms with Crippen LogP contribution in [0.1, 0.15) is 25.0 Å². The number of hydrogen-bond acceptors (Lipinski definition) is 2. The summed E-state index contributed by atoms with van der Waals surface area (Å²) in [5.41, 5.74) is 18.5. The molecule has 0 aliphatic heterocycles. The Hall–Kier alpha value is -7.00. The van der Waals surface area contributed by atoms with E-state index in [4.69, 9.17) is 0 Å². The van der Waals surface area contributed by atoms with Crippen LogP contribution in [-0.2, 0) is 5.41 Å². The van der Waals surface area contributed by atoms with E-state index >= 15 is 0 Å². The summed E-state index contributed by atoms with van der Waals surface area (Å²) in [7, 11) is 0. The first kappa shape index (κ1) is 35.2. The van der Waals surface area contributed by atoms with E-state index in [0.29, 0.717) is 0 Å². The van der Waals surface area contributed by atoms with E-state index in [1.54, 1.807) is 0 Å². The number of anilines is 3. The zero-order valence-electron chi connectivity index (χ0n) is 33.1. The Morgan fingerprint density at radius 2 is 0.898 bits per heavy atom. The lowest BCUT2D eigenvalue weighted by Crippen LogP contribution is -2.14. The van der Waals surface area contributed by atoms with E-state index in [2.05, 4.69) is 231 Å². The topological polar surface area (TPSA) is 3.24 Å². The number of thiophene rings is 1. The lowest BCUT2D eigenvalue weighted by molar-refractivity contribution is 0.660. The molecule has 0 bridgehead atoms. The van der Waals surface area contributed by atoms with Crippen molar-refractivity contribution in [3.8, 4) is 55.6 Å². The summed E-state index contributed by atoms with van der Waals surface area (Å²) in [5, 5.41) is 2.55. The molecule has 1 aromatic heterocycles. The van der Waals surface area contributed by atoms with Crippen molar-refractivity contribution < 1.29 is 0 Å². The van der Waals surface area contributed by atoms with E-state index in [1.165, 1.54) is 92.6 Å². The second-order valence-electron chi connectivity index (χ2n) is 16.0. The van der Waals surface area contributed by atoms with Crippen LogP contribution in [0.5, 0.6) is 0 Å². The van der Waals surface area contributed by atoms with Crippen LogP contribution in [-0.4, -0.2) is 0 Å². The lowest BCUT2D eigenvalue weighted by atomic mass is 9.81. The molecule has 1 heterocycles. The first-order chi connectivity index (χ1) is 29.0. The summed E-state index contributed by atoms with van der Waals surface area (Å²) >= 11 is 1.86. The van der Waals surface area contributed by atoms with Gasteiger partial charge >= 0.3 is 0 Å². The van der Waals surface area contributed by atoms with Crippen molar-refractivity contribution in [2.24, 2.45) is 0 Å². The number of hydrogen-bond donors (Lipinski definition) is 0. The highest BCUT2D eigenvalue weighted by Crippen LogP contribution is 2.51. The predicted octanol–water partition coefficient (Wildman–Crippen LogP) is 16.5. The van der Waals surface area contributed by atoms with E-state index in [0.717, 1.165) is 11.4 Å². The number of nitrogens with zero attached hydrogens (tertiary/aromatic N) is 1. The van der Waals surface area contributed by atoms with Gasteiger partial charge in [-0.05, 0) is 104 Å². The van der Waals surface area contributed by atoms with Gasteiger partial charge in [0, 0.05) is 36.8 Å². The highest BCUT2D eigenvalue weighted by atomic mass is 32.1. The molecule has 0 N–H and O–H groups in total. The molecular weight excluding hydrogens is 731 g/mol. The molecule has 280 valence electrons. The van der Waals surface area contributed by atoms with Crippen LogP contribution in [0, 0.1) is 0 Å². The Balaban J connectivity index is 1.09. The fraction of sp³-hybridized carbons (Fsp3) is 0.0526. The van der Waals surface area contributed by atoms with Gasteiger partial charge in [-0.25, -0.2) is 0 Å². The summed E-state index contributed by atoms with van der Waals surface area (Å²) in [6.45, 7) is 4.71. The van der Waals surface area contributed by atoms with Crippen molar-refractivity contribution in [3.05, 3.63) is 223 Å². The smallest absolute Gasteiger partial charge is 0.0555 e. The van der Waals surface area contributed by atoms with Gasteiger partial charge in [0.05, 0.1) is 11.4 Å². The molecular formula is C57H41NS. The Morgan fingerprint density at radius 3 is 1.68 bits per heavy atom. The molecule has 0 unspecified atom stereocenters. The quantitative estimate of drug-likeness (QED) is 0.156. The van der Waals surface area contributed by atoms with Crippen LogP contribution < -0.4 is 4.90 Å². The molecule has 0 saturated carbocycles. The molecule has 0 spiro atoms. The Kier molecular flexibility index (Phi) is 8.43. The van der Waals surface area contributed by atoms with Gasteiger partial charge in [-0.3, -0.25) is 0 Å². The lowest BCUT2D eigenvalue weighted by Gasteiger charge is -2.29. The minimum absolute atomic E-state index is 0.0533. The summed E-state index contributed by atoms with van der Waals surface area (Å²) in [4.78, 5) is 2.49. The molecule has 0 saturated heterocycles. The standard InChI is InChI=1S/C57H41NS/c1-57(2)50-26-13-10-23-46(50)47-36-33-40(37-51(47)57)38-31-34-41(35-32-38)58(53-28-16-30-55-56(53)49-25-12-15-29-54(49)59-55)52-27-14-11-24-48(52)45-22-9-8-21-44(45)43-20-7-6-19-42(43)39-17-4-3-5-18-39/h3-37H,1-2H3. The molecule has 0 fully saturated rings.